The average molecular weight is 267 g/mol. The predicted molar refractivity (Wildman–Crippen MR) is 71.1 cm³/mol. The number of aryl methyl sites for hydroxylation is 1. The number of Topliss-reactive ketones (excluding diaryl/α,β-unsaturated/α-hetero) is 1. The summed E-state index contributed by atoms with van der Waals surface area (Å²) in [6.07, 6.45) is 0.487. The van der Waals surface area contributed by atoms with Gasteiger partial charge in [0.2, 0.25) is 0 Å². The standard InChI is InChI=1S/C13H15ClN2O2/c1-9(17)5-6-16-12-4-3-10(18-2)7-11(12)15-13(16)8-14/h3-4,7H,5-6,8H2,1-2H3. The van der Waals surface area contributed by atoms with E-state index in [2.05, 4.69) is 4.98 Å². The van der Waals surface area contributed by atoms with Crippen LogP contribution in [0.25, 0.3) is 11.0 Å². The highest BCUT2D eigenvalue weighted by Gasteiger charge is 2.11. The molecule has 0 saturated carbocycles. The van der Waals surface area contributed by atoms with Crippen LogP contribution in [-0.4, -0.2) is 22.4 Å². The van der Waals surface area contributed by atoms with E-state index < -0.39 is 0 Å². The summed E-state index contributed by atoms with van der Waals surface area (Å²) >= 11 is 5.89. The summed E-state index contributed by atoms with van der Waals surface area (Å²) in [7, 11) is 1.62. The number of benzene rings is 1. The molecular formula is C13H15ClN2O2. The number of nitrogens with zero attached hydrogens (tertiary/aromatic N) is 2. The highest BCUT2D eigenvalue weighted by molar-refractivity contribution is 6.16. The largest absolute Gasteiger partial charge is 0.497 e. The van der Waals surface area contributed by atoms with Gasteiger partial charge in [-0.2, -0.15) is 0 Å². The van der Waals surface area contributed by atoms with Crippen LogP contribution < -0.4 is 4.74 Å². The second-order valence-electron chi connectivity index (χ2n) is 4.12. The minimum absolute atomic E-state index is 0.158. The minimum atomic E-state index is 0.158. The molecule has 5 heteroatoms. The van der Waals surface area contributed by atoms with Crippen LogP contribution >= 0.6 is 11.6 Å². The van der Waals surface area contributed by atoms with Crippen molar-refractivity contribution in [1.82, 2.24) is 9.55 Å². The van der Waals surface area contributed by atoms with E-state index in [4.69, 9.17) is 16.3 Å². The smallest absolute Gasteiger partial charge is 0.131 e. The topological polar surface area (TPSA) is 44.1 Å². The lowest BCUT2D eigenvalue weighted by molar-refractivity contribution is -0.117. The van der Waals surface area contributed by atoms with Crippen LogP contribution in [0.2, 0.25) is 0 Å². The number of carbonyl (C=O) groups excluding carboxylic acids is 1. The molecule has 18 heavy (non-hydrogen) atoms. The summed E-state index contributed by atoms with van der Waals surface area (Å²) in [5.74, 6) is 2.03. The van der Waals surface area contributed by atoms with Gasteiger partial charge < -0.3 is 9.30 Å². The molecule has 0 radical (unpaired) electrons. The Morgan fingerprint density at radius 1 is 1.50 bits per heavy atom. The maximum Gasteiger partial charge on any atom is 0.131 e. The number of methoxy groups -OCH3 is 1. The van der Waals surface area contributed by atoms with Gasteiger partial charge in [0.05, 0.1) is 24.0 Å². The van der Waals surface area contributed by atoms with Crippen molar-refractivity contribution in [2.75, 3.05) is 7.11 Å². The van der Waals surface area contributed by atoms with Gasteiger partial charge in [0.15, 0.2) is 0 Å². The molecule has 0 aliphatic heterocycles. The highest BCUT2D eigenvalue weighted by atomic mass is 35.5. The molecule has 1 aromatic heterocycles. The Bertz CT molecular complexity index is 578. The molecule has 0 amide bonds. The van der Waals surface area contributed by atoms with E-state index in [1.165, 1.54) is 0 Å². The Hall–Kier alpha value is -1.55. The van der Waals surface area contributed by atoms with E-state index in [1.54, 1.807) is 14.0 Å². The molecule has 0 atom stereocenters. The van der Waals surface area contributed by atoms with Gasteiger partial charge in [-0.25, -0.2) is 4.98 Å². The van der Waals surface area contributed by atoms with Crippen LogP contribution in [0.5, 0.6) is 5.75 Å². The summed E-state index contributed by atoms with van der Waals surface area (Å²) in [5.41, 5.74) is 1.82. The Morgan fingerprint density at radius 3 is 2.89 bits per heavy atom. The Labute approximate surface area is 111 Å². The second-order valence-corrected chi connectivity index (χ2v) is 4.39. The lowest BCUT2D eigenvalue weighted by Crippen LogP contribution is -2.05. The predicted octanol–water partition coefficient (Wildman–Crippen LogP) is 2.76. The number of aromatic nitrogens is 2. The van der Waals surface area contributed by atoms with E-state index in [9.17, 15) is 4.79 Å². The van der Waals surface area contributed by atoms with E-state index in [1.807, 2.05) is 22.8 Å². The van der Waals surface area contributed by atoms with E-state index in [0.717, 1.165) is 22.6 Å². The van der Waals surface area contributed by atoms with Crippen molar-refractivity contribution in [2.45, 2.75) is 25.8 Å². The first-order chi connectivity index (χ1) is 8.65. The van der Waals surface area contributed by atoms with Crippen LogP contribution in [0, 0.1) is 0 Å². The third-order valence-corrected chi connectivity index (χ3v) is 3.08. The molecule has 0 N–H and O–H groups in total. The van der Waals surface area contributed by atoms with Crippen molar-refractivity contribution >= 4 is 28.4 Å². The van der Waals surface area contributed by atoms with Crippen molar-refractivity contribution < 1.29 is 9.53 Å². The lowest BCUT2D eigenvalue weighted by Gasteiger charge is -2.06. The molecule has 0 aliphatic carbocycles. The number of rotatable bonds is 5. The maximum absolute atomic E-state index is 11.1. The molecule has 2 aromatic rings. The highest BCUT2D eigenvalue weighted by Crippen LogP contribution is 2.22. The number of ketones is 1. The van der Waals surface area contributed by atoms with Gasteiger partial charge in [0.25, 0.3) is 0 Å². The Balaban J connectivity index is 2.45. The van der Waals surface area contributed by atoms with Gasteiger partial charge >= 0.3 is 0 Å². The molecule has 0 unspecified atom stereocenters. The molecule has 0 saturated heterocycles. The van der Waals surface area contributed by atoms with Crippen LogP contribution in [0.4, 0.5) is 0 Å². The van der Waals surface area contributed by atoms with Gasteiger partial charge in [-0.1, -0.05) is 0 Å². The number of hydrogen-bond donors (Lipinski definition) is 0. The molecule has 2 rings (SSSR count). The summed E-state index contributed by atoms with van der Waals surface area (Å²) < 4.78 is 7.16. The Morgan fingerprint density at radius 2 is 2.28 bits per heavy atom. The fourth-order valence-corrected chi connectivity index (χ4v) is 2.11. The molecule has 0 bridgehead atoms. The first kappa shape index (κ1) is 12.9. The van der Waals surface area contributed by atoms with Gasteiger partial charge in [-0.3, -0.25) is 4.79 Å². The molecule has 96 valence electrons. The summed E-state index contributed by atoms with van der Waals surface area (Å²) in [6.45, 7) is 2.20. The minimum Gasteiger partial charge on any atom is -0.497 e. The molecule has 0 spiro atoms. The summed E-state index contributed by atoms with van der Waals surface area (Å²) in [6, 6.07) is 5.69. The van der Waals surface area contributed by atoms with Crippen LogP contribution in [-0.2, 0) is 17.2 Å². The zero-order valence-electron chi connectivity index (χ0n) is 10.4. The first-order valence-electron chi connectivity index (χ1n) is 5.74. The monoisotopic (exact) mass is 266 g/mol. The van der Waals surface area contributed by atoms with E-state index in [-0.39, 0.29) is 5.78 Å². The van der Waals surface area contributed by atoms with Crippen molar-refractivity contribution in [3.05, 3.63) is 24.0 Å². The van der Waals surface area contributed by atoms with Crippen molar-refractivity contribution in [1.29, 1.82) is 0 Å². The number of alkyl halides is 1. The SMILES string of the molecule is COc1ccc2c(c1)nc(CCl)n2CCC(C)=O. The Kier molecular flexibility index (Phi) is 3.87. The number of ether oxygens (including phenoxy) is 1. The third-order valence-electron chi connectivity index (χ3n) is 2.84. The number of halogens is 1. The zero-order chi connectivity index (χ0) is 13.1. The first-order valence-corrected chi connectivity index (χ1v) is 6.27. The quantitative estimate of drug-likeness (QED) is 0.782. The molecule has 4 nitrogen and oxygen atoms in total. The van der Waals surface area contributed by atoms with Crippen LogP contribution in [0.1, 0.15) is 19.2 Å². The molecule has 1 heterocycles. The van der Waals surface area contributed by atoms with Gasteiger partial charge in [-0.15, -0.1) is 11.6 Å². The molecule has 1 aromatic carbocycles. The van der Waals surface area contributed by atoms with Crippen LogP contribution in [0.15, 0.2) is 18.2 Å². The van der Waals surface area contributed by atoms with Crippen molar-refractivity contribution in [3.63, 3.8) is 0 Å². The average Bonchev–Trinajstić information content (AvgIpc) is 2.72. The van der Waals surface area contributed by atoms with Gasteiger partial charge in [0.1, 0.15) is 17.4 Å². The maximum atomic E-state index is 11.1. The van der Waals surface area contributed by atoms with Gasteiger partial charge in [0, 0.05) is 19.0 Å². The number of hydrogen-bond acceptors (Lipinski definition) is 3. The van der Waals surface area contributed by atoms with Gasteiger partial charge in [-0.05, 0) is 19.1 Å². The van der Waals surface area contributed by atoms with Crippen molar-refractivity contribution in [3.8, 4) is 5.75 Å². The van der Waals surface area contributed by atoms with Crippen LogP contribution in [0.3, 0.4) is 0 Å². The van der Waals surface area contributed by atoms with Crippen molar-refractivity contribution in [2.24, 2.45) is 0 Å². The fourth-order valence-electron chi connectivity index (χ4n) is 1.91. The zero-order valence-corrected chi connectivity index (χ0v) is 11.2. The fraction of sp³-hybridized carbons (Fsp3) is 0.385. The third kappa shape index (κ3) is 2.48. The summed E-state index contributed by atoms with van der Waals surface area (Å²) in [5, 5.41) is 0. The van der Waals surface area contributed by atoms with E-state index >= 15 is 0 Å². The summed E-state index contributed by atoms with van der Waals surface area (Å²) in [4.78, 5) is 15.5. The normalized spacial score (nSPS) is 10.8. The number of carbonyl (C=O) groups is 1. The number of imidazole rings is 1. The second kappa shape index (κ2) is 5.40. The molecular weight excluding hydrogens is 252 g/mol. The van der Waals surface area contributed by atoms with E-state index in [0.29, 0.717) is 18.8 Å². The molecule has 0 fully saturated rings. The number of fused-ring (bicyclic) bond motifs is 1. The lowest BCUT2D eigenvalue weighted by atomic mass is 10.2. The molecule has 0 aliphatic rings.